The molecule has 5 nitrogen and oxygen atoms in total. The quantitative estimate of drug-likeness (QED) is 0.676. The van der Waals surface area contributed by atoms with Crippen LogP contribution in [0.15, 0.2) is 29.4 Å². The van der Waals surface area contributed by atoms with Crippen LogP contribution in [0.25, 0.3) is 0 Å². The molecule has 2 amide bonds. The lowest BCUT2D eigenvalue weighted by Gasteiger charge is -2.18. The standard InChI is InChI=1S/C16H18F3N3O2/c17-16(18,19)13-7-4-3-6-12(13)10-20-21-14(23)11-22-9-5-1-2-8-15(22)24/h3-4,6-7,10H,1-2,5,8-9,11H2,(H,21,23)/b20-10-. The molecule has 1 aromatic carbocycles. The van der Waals surface area contributed by atoms with Crippen molar-refractivity contribution < 1.29 is 22.8 Å². The maximum absolute atomic E-state index is 12.8. The van der Waals surface area contributed by atoms with Gasteiger partial charge >= 0.3 is 6.18 Å². The van der Waals surface area contributed by atoms with E-state index in [-0.39, 0.29) is 18.0 Å². The Morgan fingerprint density at radius 3 is 2.75 bits per heavy atom. The third kappa shape index (κ3) is 5.07. The van der Waals surface area contributed by atoms with Crippen molar-refractivity contribution in [1.82, 2.24) is 10.3 Å². The van der Waals surface area contributed by atoms with Crippen molar-refractivity contribution in [2.75, 3.05) is 13.1 Å². The Morgan fingerprint density at radius 2 is 2.00 bits per heavy atom. The monoisotopic (exact) mass is 341 g/mol. The van der Waals surface area contributed by atoms with Crippen LogP contribution in [-0.2, 0) is 15.8 Å². The molecular formula is C16H18F3N3O2. The molecule has 1 N–H and O–H groups in total. The predicted molar refractivity (Wildman–Crippen MR) is 82.2 cm³/mol. The highest BCUT2D eigenvalue weighted by Gasteiger charge is 2.32. The van der Waals surface area contributed by atoms with Crippen LogP contribution in [-0.4, -0.2) is 36.0 Å². The zero-order valence-corrected chi connectivity index (χ0v) is 13.0. The average molecular weight is 341 g/mol. The summed E-state index contributed by atoms with van der Waals surface area (Å²) in [6, 6.07) is 4.94. The van der Waals surface area contributed by atoms with Gasteiger partial charge in [-0.15, -0.1) is 0 Å². The van der Waals surface area contributed by atoms with E-state index in [9.17, 15) is 22.8 Å². The highest BCUT2D eigenvalue weighted by atomic mass is 19.4. The van der Waals surface area contributed by atoms with E-state index < -0.39 is 17.6 Å². The molecule has 24 heavy (non-hydrogen) atoms. The summed E-state index contributed by atoms with van der Waals surface area (Å²) in [6.07, 6.45) is -0.549. The summed E-state index contributed by atoms with van der Waals surface area (Å²) in [5, 5.41) is 3.57. The average Bonchev–Trinajstić information content (AvgIpc) is 2.72. The maximum atomic E-state index is 12.8. The van der Waals surface area contributed by atoms with Crippen LogP contribution in [0.5, 0.6) is 0 Å². The highest BCUT2D eigenvalue weighted by Crippen LogP contribution is 2.30. The van der Waals surface area contributed by atoms with Crippen LogP contribution in [0.4, 0.5) is 13.2 Å². The number of halogens is 3. The molecule has 130 valence electrons. The fourth-order valence-electron chi connectivity index (χ4n) is 2.46. The smallest absolute Gasteiger partial charge is 0.333 e. The minimum Gasteiger partial charge on any atom is -0.333 e. The second-order valence-corrected chi connectivity index (χ2v) is 5.50. The SMILES string of the molecule is O=C(CN1CCCCCC1=O)N/N=C\c1ccccc1C(F)(F)F. The first kappa shape index (κ1) is 18.0. The zero-order valence-electron chi connectivity index (χ0n) is 13.0. The zero-order chi connectivity index (χ0) is 17.6. The first-order valence-corrected chi connectivity index (χ1v) is 7.64. The van der Waals surface area contributed by atoms with Gasteiger partial charge in [-0.05, 0) is 18.9 Å². The number of hydrogen-bond acceptors (Lipinski definition) is 3. The Kier molecular flexibility index (Phi) is 5.94. The van der Waals surface area contributed by atoms with Crippen molar-refractivity contribution in [2.24, 2.45) is 5.10 Å². The van der Waals surface area contributed by atoms with Crippen LogP contribution in [0.1, 0.15) is 36.8 Å². The molecule has 1 aromatic rings. The summed E-state index contributed by atoms with van der Waals surface area (Å²) in [7, 11) is 0. The lowest BCUT2D eigenvalue weighted by molar-refractivity contribution is -0.137. The van der Waals surface area contributed by atoms with Crippen LogP contribution < -0.4 is 5.43 Å². The molecule has 1 aliphatic heterocycles. The summed E-state index contributed by atoms with van der Waals surface area (Å²) in [5.74, 6) is -0.625. The fourth-order valence-corrected chi connectivity index (χ4v) is 2.46. The van der Waals surface area contributed by atoms with Crippen LogP contribution in [0, 0.1) is 0 Å². The van der Waals surface area contributed by atoms with Crippen molar-refractivity contribution in [1.29, 1.82) is 0 Å². The first-order valence-electron chi connectivity index (χ1n) is 7.64. The number of carbonyl (C=O) groups is 2. The number of nitrogens with zero attached hydrogens (tertiary/aromatic N) is 2. The lowest BCUT2D eigenvalue weighted by atomic mass is 10.1. The number of hydrazone groups is 1. The predicted octanol–water partition coefficient (Wildman–Crippen LogP) is 2.56. The number of rotatable bonds is 4. The molecule has 0 saturated carbocycles. The summed E-state index contributed by atoms with van der Waals surface area (Å²) in [6.45, 7) is 0.365. The van der Waals surface area contributed by atoms with Gasteiger partial charge in [0.1, 0.15) is 6.54 Å². The van der Waals surface area contributed by atoms with Crippen molar-refractivity contribution in [2.45, 2.75) is 31.9 Å². The first-order chi connectivity index (χ1) is 11.4. The van der Waals surface area contributed by atoms with Crippen molar-refractivity contribution in [3.8, 4) is 0 Å². The molecular weight excluding hydrogens is 323 g/mol. The summed E-state index contributed by atoms with van der Waals surface area (Å²) in [5.41, 5.74) is 1.20. The topological polar surface area (TPSA) is 61.8 Å². The Morgan fingerprint density at radius 1 is 1.25 bits per heavy atom. The Bertz CT molecular complexity index is 629. The van der Waals surface area contributed by atoms with Gasteiger partial charge in [-0.3, -0.25) is 9.59 Å². The Labute approximate surface area is 137 Å². The minimum absolute atomic E-state index is 0.0888. The van der Waals surface area contributed by atoms with Crippen molar-refractivity contribution in [3.05, 3.63) is 35.4 Å². The molecule has 0 atom stereocenters. The van der Waals surface area contributed by atoms with Crippen molar-refractivity contribution in [3.63, 3.8) is 0 Å². The van der Waals surface area contributed by atoms with Gasteiger partial charge in [-0.25, -0.2) is 5.43 Å². The molecule has 0 unspecified atom stereocenters. The van der Waals surface area contributed by atoms with Gasteiger partial charge in [0.05, 0.1) is 11.8 Å². The van der Waals surface area contributed by atoms with E-state index in [1.807, 2.05) is 0 Å². The summed E-state index contributed by atoms with van der Waals surface area (Å²) >= 11 is 0. The van der Waals surface area contributed by atoms with Gasteiger partial charge in [0, 0.05) is 18.5 Å². The highest BCUT2D eigenvalue weighted by molar-refractivity contribution is 5.87. The molecule has 1 aliphatic rings. The summed E-state index contributed by atoms with van der Waals surface area (Å²) in [4.78, 5) is 25.0. The molecule has 0 radical (unpaired) electrons. The normalized spacial score (nSPS) is 16.3. The molecule has 0 aromatic heterocycles. The third-order valence-corrected chi connectivity index (χ3v) is 3.66. The van der Waals surface area contributed by atoms with Gasteiger partial charge < -0.3 is 4.90 Å². The molecule has 1 fully saturated rings. The molecule has 2 rings (SSSR count). The van der Waals surface area contributed by atoms with Gasteiger partial charge in [0.25, 0.3) is 5.91 Å². The molecule has 8 heteroatoms. The van der Waals surface area contributed by atoms with Crippen LogP contribution in [0.2, 0.25) is 0 Å². The number of benzene rings is 1. The van der Waals surface area contributed by atoms with E-state index >= 15 is 0 Å². The Balaban J connectivity index is 1.94. The molecule has 0 bridgehead atoms. The summed E-state index contributed by atoms with van der Waals surface area (Å²) < 4.78 is 38.5. The minimum atomic E-state index is -4.49. The van der Waals surface area contributed by atoms with E-state index in [1.165, 1.54) is 23.1 Å². The van der Waals surface area contributed by atoms with E-state index in [4.69, 9.17) is 0 Å². The van der Waals surface area contributed by atoms with Crippen LogP contribution >= 0.6 is 0 Å². The number of amides is 2. The fraction of sp³-hybridized carbons (Fsp3) is 0.438. The van der Waals surface area contributed by atoms with E-state index in [0.717, 1.165) is 31.5 Å². The van der Waals surface area contributed by atoms with E-state index in [0.29, 0.717) is 13.0 Å². The number of alkyl halides is 3. The van der Waals surface area contributed by atoms with Crippen molar-refractivity contribution >= 4 is 18.0 Å². The van der Waals surface area contributed by atoms with Gasteiger partial charge in [-0.1, -0.05) is 24.6 Å². The maximum Gasteiger partial charge on any atom is 0.417 e. The van der Waals surface area contributed by atoms with Gasteiger partial charge in [0.2, 0.25) is 5.91 Å². The molecule has 0 aliphatic carbocycles. The van der Waals surface area contributed by atoms with Crippen LogP contribution in [0.3, 0.4) is 0 Å². The largest absolute Gasteiger partial charge is 0.417 e. The van der Waals surface area contributed by atoms with Gasteiger partial charge in [-0.2, -0.15) is 18.3 Å². The molecule has 1 heterocycles. The number of hydrogen-bond donors (Lipinski definition) is 1. The third-order valence-electron chi connectivity index (χ3n) is 3.66. The van der Waals surface area contributed by atoms with E-state index in [1.54, 1.807) is 0 Å². The number of nitrogens with one attached hydrogen (secondary N) is 1. The number of likely N-dealkylation sites (tertiary alicyclic amines) is 1. The lowest BCUT2D eigenvalue weighted by Crippen LogP contribution is -2.39. The second-order valence-electron chi connectivity index (χ2n) is 5.50. The van der Waals surface area contributed by atoms with E-state index in [2.05, 4.69) is 10.5 Å². The second kappa shape index (κ2) is 7.94. The molecule has 0 spiro atoms. The molecule has 1 saturated heterocycles. The Hall–Kier alpha value is -2.38. The van der Waals surface area contributed by atoms with Gasteiger partial charge in [0.15, 0.2) is 0 Å². The number of carbonyl (C=O) groups excluding carboxylic acids is 2.